The molecule has 2 heterocycles. The van der Waals surface area contributed by atoms with E-state index in [-0.39, 0.29) is 0 Å². The highest BCUT2D eigenvalue weighted by Crippen LogP contribution is 2.25. The molecule has 0 spiro atoms. The average molecular weight is 270 g/mol. The lowest BCUT2D eigenvalue weighted by Gasteiger charge is -2.05. The van der Waals surface area contributed by atoms with Gasteiger partial charge in [0.2, 0.25) is 0 Å². The van der Waals surface area contributed by atoms with Crippen LogP contribution in [0.25, 0.3) is 21.9 Å². The minimum absolute atomic E-state index is 0.750. The molecule has 4 nitrogen and oxygen atoms in total. The van der Waals surface area contributed by atoms with E-state index < -0.39 is 0 Å². The Morgan fingerprint density at radius 3 is 2.79 bits per heavy atom. The lowest BCUT2D eigenvalue weighted by Crippen LogP contribution is -1.92. The SMILES string of the molecule is CNc1cc2cc(-c3cnn(C)c3)ccc2c(=S)[nH]1. The van der Waals surface area contributed by atoms with Crippen molar-refractivity contribution >= 4 is 28.8 Å². The zero-order valence-corrected chi connectivity index (χ0v) is 11.6. The Morgan fingerprint density at radius 1 is 1.26 bits per heavy atom. The van der Waals surface area contributed by atoms with Crippen LogP contribution in [0.15, 0.2) is 36.7 Å². The highest BCUT2D eigenvalue weighted by molar-refractivity contribution is 7.71. The Hall–Kier alpha value is -2.14. The van der Waals surface area contributed by atoms with Gasteiger partial charge in [-0.05, 0) is 23.1 Å². The van der Waals surface area contributed by atoms with Crippen molar-refractivity contribution in [2.45, 2.75) is 0 Å². The van der Waals surface area contributed by atoms with Crippen LogP contribution in [0.5, 0.6) is 0 Å². The van der Waals surface area contributed by atoms with Crippen molar-refractivity contribution in [3.05, 3.63) is 41.3 Å². The number of nitrogens with one attached hydrogen (secondary N) is 2. The molecule has 2 aromatic heterocycles. The normalized spacial score (nSPS) is 10.8. The van der Waals surface area contributed by atoms with Crippen molar-refractivity contribution in [3.8, 4) is 11.1 Å². The van der Waals surface area contributed by atoms with E-state index in [4.69, 9.17) is 12.2 Å². The van der Waals surface area contributed by atoms with Crippen molar-refractivity contribution < 1.29 is 0 Å². The first-order valence-corrected chi connectivity index (χ1v) is 6.42. The summed E-state index contributed by atoms with van der Waals surface area (Å²) in [4.78, 5) is 3.15. The summed E-state index contributed by atoms with van der Waals surface area (Å²) >= 11 is 5.36. The van der Waals surface area contributed by atoms with Crippen molar-refractivity contribution in [2.75, 3.05) is 12.4 Å². The van der Waals surface area contributed by atoms with E-state index in [0.29, 0.717) is 0 Å². The second-order valence-electron chi connectivity index (χ2n) is 4.47. The number of H-pyrrole nitrogens is 1. The third kappa shape index (κ3) is 2.13. The fourth-order valence-electron chi connectivity index (χ4n) is 2.15. The summed E-state index contributed by atoms with van der Waals surface area (Å²) in [5, 5.41) is 9.46. The molecule has 0 aliphatic rings. The van der Waals surface area contributed by atoms with Gasteiger partial charge in [-0.3, -0.25) is 4.68 Å². The molecule has 0 aliphatic carbocycles. The van der Waals surface area contributed by atoms with Gasteiger partial charge in [0, 0.05) is 31.2 Å². The van der Waals surface area contributed by atoms with Crippen LogP contribution in [0.2, 0.25) is 0 Å². The lowest BCUT2D eigenvalue weighted by molar-refractivity contribution is 0.768. The average Bonchev–Trinajstić information content (AvgIpc) is 2.84. The lowest BCUT2D eigenvalue weighted by atomic mass is 10.1. The fraction of sp³-hybridized carbons (Fsp3) is 0.143. The minimum Gasteiger partial charge on any atom is -0.375 e. The van der Waals surface area contributed by atoms with Gasteiger partial charge in [-0.25, -0.2) is 0 Å². The summed E-state index contributed by atoms with van der Waals surface area (Å²) in [6.45, 7) is 0. The molecule has 2 N–H and O–H groups in total. The van der Waals surface area contributed by atoms with Gasteiger partial charge in [-0.15, -0.1) is 0 Å². The number of aromatic nitrogens is 3. The maximum Gasteiger partial charge on any atom is 0.112 e. The van der Waals surface area contributed by atoms with Crippen molar-refractivity contribution in [2.24, 2.45) is 7.05 Å². The van der Waals surface area contributed by atoms with Gasteiger partial charge in [0.1, 0.15) is 10.5 Å². The van der Waals surface area contributed by atoms with Crippen molar-refractivity contribution in [3.63, 3.8) is 0 Å². The molecule has 0 atom stereocenters. The van der Waals surface area contributed by atoms with Crippen LogP contribution in [0.3, 0.4) is 0 Å². The number of aryl methyl sites for hydroxylation is 1. The molecule has 0 bridgehead atoms. The zero-order valence-electron chi connectivity index (χ0n) is 10.8. The molecule has 0 unspecified atom stereocenters. The number of aromatic amines is 1. The molecule has 96 valence electrons. The van der Waals surface area contributed by atoms with Crippen LogP contribution in [0.4, 0.5) is 5.82 Å². The van der Waals surface area contributed by atoms with E-state index in [1.165, 1.54) is 0 Å². The van der Waals surface area contributed by atoms with E-state index in [1.54, 1.807) is 4.68 Å². The number of pyridine rings is 1. The molecule has 0 aliphatic heterocycles. The number of rotatable bonds is 2. The first-order chi connectivity index (χ1) is 9.17. The monoisotopic (exact) mass is 270 g/mol. The van der Waals surface area contributed by atoms with Crippen LogP contribution in [-0.4, -0.2) is 21.8 Å². The first kappa shape index (κ1) is 11.9. The molecule has 3 aromatic rings. The predicted octanol–water partition coefficient (Wildman–Crippen LogP) is 3.34. The van der Waals surface area contributed by atoms with Gasteiger partial charge in [0.05, 0.1) is 6.20 Å². The Labute approximate surface area is 116 Å². The molecular weight excluding hydrogens is 256 g/mol. The van der Waals surface area contributed by atoms with Gasteiger partial charge in [0.15, 0.2) is 0 Å². The number of benzene rings is 1. The van der Waals surface area contributed by atoms with Gasteiger partial charge >= 0.3 is 0 Å². The topological polar surface area (TPSA) is 45.6 Å². The maximum absolute atomic E-state index is 5.36. The standard InChI is InChI=1S/C14H14N4S/c1-15-13-6-10-5-9(11-7-16-18(2)8-11)3-4-12(10)14(19)17-13/h3-8H,1-2H3,(H2,15,17,19). The quantitative estimate of drug-likeness (QED) is 0.702. The fourth-order valence-corrected chi connectivity index (χ4v) is 2.45. The van der Waals surface area contributed by atoms with E-state index in [2.05, 4.69) is 39.7 Å². The molecule has 0 amide bonds. The molecule has 1 aromatic carbocycles. The summed E-state index contributed by atoms with van der Waals surface area (Å²) < 4.78 is 2.55. The van der Waals surface area contributed by atoms with Crippen molar-refractivity contribution in [1.82, 2.24) is 14.8 Å². The zero-order chi connectivity index (χ0) is 13.4. The Bertz CT molecular complexity index is 801. The van der Waals surface area contributed by atoms with Gasteiger partial charge in [-0.1, -0.05) is 24.4 Å². The number of fused-ring (bicyclic) bond motifs is 1. The van der Waals surface area contributed by atoms with Crippen LogP contribution >= 0.6 is 12.2 Å². The molecule has 0 radical (unpaired) electrons. The summed E-state index contributed by atoms with van der Waals surface area (Å²) in [5.41, 5.74) is 2.25. The Balaban J connectivity index is 2.22. The third-order valence-electron chi connectivity index (χ3n) is 3.15. The van der Waals surface area contributed by atoms with Gasteiger partial charge in [-0.2, -0.15) is 5.10 Å². The molecule has 5 heteroatoms. The third-order valence-corrected chi connectivity index (χ3v) is 3.47. The molecular formula is C14H14N4S. The molecule has 0 saturated carbocycles. The van der Waals surface area contributed by atoms with E-state index in [9.17, 15) is 0 Å². The number of anilines is 1. The second-order valence-corrected chi connectivity index (χ2v) is 4.88. The molecule has 0 saturated heterocycles. The number of hydrogen-bond donors (Lipinski definition) is 2. The first-order valence-electron chi connectivity index (χ1n) is 6.01. The number of hydrogen-bond acceptors (Lipinski definition) is 3. The summed E-state index contributed by atoms with van der Waals surface area (Å²) in [6.07, 6.45) is 3.87. The van der Waals surface area contributed by atoms with Crippen LogP contribution < -0.4 is 5.32 Å². The minimum atomic E-state index is 0.750. The van der Waals surface area contributed by atoms with E-state index in [0.717, 1.165) is 32.4 Å². The largest absolute Gasteiger partial charge is 0.375 e. The molecule has 3 rings (SSSR count). The van der Waals surface area contributed by atoms with Crippen molar-refractivity contribution in [1.29, 1.82) is 0 Å². The van der Waals surface area contributed by atoms with E-state index >= 15 is 0 Å². The maximum atomic E-state index is 5.36. The van der Waals surface area contributed by atoms with Crippen LogP contribution in [-0.2, 0) is 7.05 Å². The smallest absolute Gasteiger partial charge is 0.112 e. The van der Waals surface area contributed by atoms with Crippen LogP contribution in [0.1, 0.15) is 0 Å². The molecule has 19 heavy (non-hydrogen) atoms. The number of nitrogens with zero attached hydrogens (tertiary/aromatic N) is 2. The van der Waals surface area contributed by atoms with Gasteiger partial charge in [0.25, 0.3) is 0 Å². The summed E-state index contributed by atoms with van der Waals surface area (Å²) in [5.74, 6) is 0.917. The molecule has 0 fully saturated rings. The van der Waals surface area contributed by atoms with Gasteiger partial charge < -0.3 is 10.3 Å². The highest BCUT2D eigenvalue weighted by Gasteiger charge is 2.04. The Kier molecular flexibility index (Phi) is 2.83. The Morgan fingerprint density at radius 2 is 2.11 bits per heavy atom. The van der Waals surface area contributed by atoms with Crippen LogP contribution in [0, 0.1) is 4.64 Å². The highest BCUT2D eigenvalue weighted by atomic mass is 32.1. The predicted molar refractivity (Wildman–Crippen MR) is 80.9 cm³/mol. The summed E-state index contributed by atoms with van der Waals surface area (Å²) in [7, 11) is 3.79. The second kappa shape index (κ2) is 4.51. The summed E-state index contributed by atoms with van der Waals surface area (Å²) in [6, 6.07) is 8.32. The van der Waals surface area contributed by atoms with E-state index in [1.807, 2.05) is 26.5 Å².